The van der Waals surface area contributed by atoms with Crippen LogP contribution in [0.15, 0.2) is 23.0 Å². The summed E-state index contributed by atoms with van der Waals surface area (Å²) in [4.78, 5) is 15.3. The summed E-state index contributed by atoms with van der Waals surface area (Å²) in [5.74, 6) is -2.21. The molecule has 0 bridgehead atoms. The highest BCUT2D eigenvalue weighted by Crippen LogP contribution is 2.31. The molecular formula is C17H17F2N3O2. The van der Waals surface area contributed by atoms with Crippen molar-refractivity contribution in [1.82, 2.24) is 14.8 Å². The van der Waals surface area contributed by atoms with E-state index in [9.17, 15) is 18.7 Å². The lowest BCUT2D eigenvalue weighted by molar-refractivity contribution is 0.468. The predicted molar refractivity (Wildman–Crippen MR) is 86.9 cm³/mol. The van der Waals surface area contributed by atoms with Crippen LogP contribution < -0.4 is 5.43 Å². The quantitative estimate of drug-likeness (QED) is 0.772. The van der Waals surface area contributed by atoms with Gasteiger partial charge < -0.3 is 10.1 Å². The van der Waals surface area contributed by atoms with Crippen molar-refractivity contribution >= 4 is 11.0 Å². The molecule has 0 amide bonds. The first-order chi connectivity index (χ1) is 11.3. The summed E-state index contributed by atoms with van der Waals surface area (Å²) in [6, 6.07) is 3.35. The van der Waals surface area contributed by atoms with Gasteiger partial charge in [0.05, 0.1) is 22.3 Å². The molecule has 3 rings (SSSR count). The Morgan fingerprint density at radius 1 is 1.29 bits per heavy atom. The van der Waals surface area contributed by atoms with Gasteiger partial charge in [-0.3, -0.25) is 4.79 Å². The summed E-state index contributed by atoms with van der Waals surface area (Å²) in [7, 11) is 0. The van der Waals surface area contributed by atoms with Crippen molar-refractivity contribution in [3.63, 3.8) is 0 Å². The van der Waals surface area contributed by atoms with Crippen molar-refractivity contribution in [2.75, 3.05) is 0 Å². The van der Waals surface area contributed by atoms with E-state index >= 15 is 0 Å². The van der Waals surface area contributed by atoms with Gasteiger partial charge in [0.2, 0.25) is 5.43 Å². The number of aromatic hydroxyl groups is 1. The fourth-order valence-corrected chi connectivity index (χ4v) is 2.79. The van der Waals surface area contributed by atoms with Gasteiger partial charge in [-0.2, -0.15) is 5.10 Å². The van der Waals surface area contributed by atoms with Crippen molar-refractivity contribution in [3.8, 4) is 17.0 Å². The third kappa shape index (κ3) is 2.46. The van der Waals surface area contributed by atoms with Crippen LogP contribution in [0.5, 0.6) is 5.75 Å². The Hall–Kier alpha value is -2.70. The van der Waals surface area contributed by atoms with Gasteiger partial charge in [-0.05, 0) is 25.0 Å². The summed E-state index contributed by atoms with van der Waals surface area (Å²) in [5, 5.41) is 14.7. The Balaban J connectivity index is 2.39. The number of aromatic nitrogens is 3. The van der Waals surface area contributed by atoms with Crippen LogP contribution in [0.2, 0.25) is 0 Å². The number of rotatable bonds is 3. The SMILES string of the molecule is Cc1nn(CC(C)C)c2[nH]c(-c3c(F)cccc3F)c(O)c(=O)c12. The van der Waals surface area contributed by atoms with Crippen LogP contribution in [0.3, 0.4) is 0 Å². The van der Waals surface area contributed by atoms with Crippen LogP contribution >= 0.6 is 0 Å². The average molecular weight is 333 g/mol. The largest absolute Gasteiger partial charge is 0.503 e. The molecule has 0 spiro atoms. The number of fused-ring (bicyclic) bond motifs is 1. The van der Waals surface area contributed by atoms with E-state index in [0.717, 1.165) is 12.1 Å². The highest BCUT2D eigenvalue weighted by molar-refractivity contribution is 5.84. The van der Waals surface area contributed by atoms with Gasteiger partial charge in [0.1, 0.15) is 17.3 Å². The Morgan fingerprint density at radius 3 is 2.50 bits per heavy atom. The van der Waals surface area contributed by atoms with E-state index in [1.54, 1.807) is 11.6 Å². The number of benzene rings is 1. The van der Waals surface area contributed by atoms with Gasteiger partial charge in [0.15, 0.2) is 5.75 Å². The zero-order valence-corrected chi connectivity index (χ0v) is 13.5. The van der Waals surface area contributed by atoms with Crippen LogP contribution in [-0.4, -0.2) is 19.9 Å². The molecule has 0 aliphatic rings. The van der Waals surface area contributed by atoms with E-state index < -0.39 is 28.4 Å². The third-order valence-electron chi connectivity index (χ3n) is 3.80. The fraction of sp³-hybridized carbons (Fsp3) is 0.294. The number of aryl methyl sites for hydroxylation is 1. The summed E-state index contributed by atoms with van der Waals surface area (Å²) in [6.45, 7) is 6.14. The minimum absolute atomic E-state index is 0.216. The zero-order chi connectivity index (χ0) is 17.6. The molecule has 0 aliphatic carbocycles. The highest BCUT2D eigenvalue weighted by atomic mass is 19.1. The van der Waals surface area contributed by atoms with Crippen LogP contribution in [-0.2, 0) is 6.54 Å². The number of aromatic amines is 1. The van der Waals surface area contributed by atoms with E-state index in [1.165, 1.54) is 6.07 Å². The summed E-state index contributed by atoms with van der Waals surface area (Å²) >= 11 is 0. The summed E-state index contributed by atoms with van der Waals surface area (Å²) < 4.78 is 29.7. The molecule has 3 aromatic rings. The minimum atomic E-state index is -0.869. The first-order valence-corrected chi connectivity index (χ1v) is 7.58. The lowest BCUT2D eigenvalue weighted by Gasteiger charge is -2.10. The second-order valence-electron chi connectivity index (χ2n) is 6.16. The first-order valence-electron chi connectivity index (χ1n) is 7.58. The number of pyridine rings is 1. The lowest BCUT2D eigenvalue weighted by Crippen LogP contribution is -2.10. The number of halogens is 2. The van der Waals surface area contributed by atoms with E-state index in [0.29, 0.717) is 17.9 Å². The van der Waals surface area contributed by atoms with Gasteiger partial charge in [-0.15, -0.1) is 0 Å². The maximum atomic E-state index is 14.1. The molecule has 0 atom stereocenters. The molecule has 0 radical (unpaired) electrons. The minimum Gasteiger partial charge on any atom is -0.503 e. The number of nitrogens with zero attached hydrogens (tertiary/aromatic N) is 2. The van der Waals surface area contributed by atoms with E-state index in [4.69, 9.17) is 0 Å². The number of nitrogens with one attached hydrogen (secondary N) is 1. The second kappa shape index (κ2) is 5.74. The van der Waals surface area contributed by atoms with Gasteiger partial charge in [-0.1, -0.05) is 19.9 Å². The van der Waals surface area contributed by atoms with Crippen molar-refractivity contribution in [2.24, 2.45) is 5.92 Å². The van der Waals surface area contributed by atoms with E-state index in [1.807, 2.05) is 13.8 Å². The highest BCUT2D eigenvalue weighted by Gasteiger charge is 2.22. The Bertz CT molecular complexity index is 969. The topological polar surface area (TPSA) is 70.9 Å². The lowest BCUT2D eigenvalue weighted by atomic mass is 10.1. The molecule has 2 N–H and O–H groups in total. The molecular weight excluding hydrogens is 316 g/mol. The molecule has 0 saturated carbocycles. The number of hydrogen-bond acceptors (Lipinski definition) is 3. The van der Waals surface area contributed by atoms with Gasteiger partial charge >= 0.3 is 0 Å². The summed E-state index contributed by atoms with van der Waals surface area (Å²) in [6.07, 6.45) is 0. The maximum Gasteiger partial charge on any atom is 0.235 e. The van der Waals surface area contributed by atoms with Gasteiger partial charge in [-0.25, -0.2) is 13.5 Å². The molecule has 126 valence electrons. The standard InChI is InChI=1S/C17H17F2N3O2/c1-8(2)7-22-17-12(9(3)21-22)15(23)16(24)14(20-17)13-10(18)5-4-6-11(13)19/h4-6,8,24H,7H2,1-3H3,(H,20,23). The van der Waals surface area contributed by atoms with Crippen molar-refractivity contribution in [1.29, 1.82) is 0 Å². The Labute approximate surface area is 136 Å². The molecule has 7 heteroatoms. The number of hydrogen-bond donors (Lipinski definition) is 2. The third-order valence-corrected chi connectivity index (χ3v) is 3.80. The average Bonchev–Trinajstić information content (AvgIpc) is 2.79. The van der Waals surface area contributed by atoms with Crippen molar-refractivity contribution < 1.29 is 13.9 Å². The molecule has 0 fully saturated rings. The molecule has 0 saturated heterocycles. The molecule has 5 nitrogen and oxygen atoms in total. The second-order valence-corrected chi connectivity index (χ2v) is 6.16. The molecule has 24 heavy (non-hydrogen) atoms. The molecule has 2 aromatic heterocycles. The molecule has 0 aliphatic heterocycles. The van der Waals surface area contributed by atoms with Crippen LogP contribution in [0.25, 0.3) is 22.3 Å². The fourth-order valence-electron chi connectivity index (χ4n) is 2.79. The summed E-state index contributed by atoms with van der Waals surface area (Å²) in [5.41, 5.74) is -0.671. The van der Waals surface area contributed by atoms with Crippen LogP contribution in [0, 0.1) is 24.5 Å². The van der Waals surface area contributed by atoms with Gasteiger partial charge in [0, 0.05) is 6.54 Å². The van der Waals surface area contributed by atoms with Crippen LogP contribution in [0.4, 0.5) is 8.78 Å². The van der Waals surface area contributed by atoms with Crippen molar-refractivity contribution in [3.05, 3.63) is 45.8 Å². The van der Waals surface area contributed by atoms with Crippen LogP contribution in [0.1, 0.15) is 19.5 Å². The molecule has 1 aromatic carbocycles. The maximum absolute atomic E-state index is 14.1. The van der Waals surface area contributed by atoms with E-state index in [2.05, 4.69) is 10.1 Å². The Morgan fingerprint density at radius 2 is 1.92 bits per heavy atom. The monoisotopic (exact) mass is 333 g/mol. The van der Waals surface area contributed by atoms with Gasteiger partial charge in [0.25, 0.3) is 0 Å². The zero-order valence-electron chi connectivity index (χ0n) is 13.5. The first kappa shape index (κ1) is 16.2. The predicted octanol–water partition coefficient (Wildman–Crippen LogP) is 3.34. The van der Waals surface area contributed by atoms with E-state index in [-0.39, 0.29) is 17.0 Å². The molecule has 2 heterocycles. The number of H-pyrrole nitrogens is 1. The molecule has 0 unspecified atom stereocenters. The van der Waals surface area contributed by atoms with Crippen molar-refractivity contribution in [2.45, 2.75) is 27.3 Å². The normalized spacial score (nSPS) is 11.6. The smallest absolute Gasteiger partial charge is 0.235 e. The Kier molecular flexibility index (Phi) is 3.87.